The van der Waals surface area contributed by atoms with Crippen LogP contribution in [-0.2, 0) is 0 Å². The van der Waals surface area contributed by atoms with Gasteiger partial charge in [-0.3, -0.25) is 4.98 Å². The van der Waals surface area contributed by atoms with Crippen LogP contribution >= 0.6 is 0 Å². The third-order valence-corrected chi connectivity index (χ3v) is 1.53. The summed E-state index contributed by atoms with van der Waals surface area (Å²) in [6, 6.07) is 3.32. The Morgan fingerprint density at radius 2 is 2.25 bits per heavy atom. The lowest BCUT2D eigenvalue weighted by atomic mass is 9.81. The molecule has 0 radical (unpaired) electrons. The fraction of sp³-hybridized carbons (Fsp3) is 0.143. The first-order chi connectivity index (χ1) is 5.65. The molecule has 0 aromatic carbocycles. The predicted octanol–water partition coefficient (Wildman–Crippen LogP) is -1.06. The molecule has 0 saturated heterocycles. The zero-order chi connectivity index (χ0) is 9.14. The van der Waals surface area contributed by atoms with Gasteiger partial charge < -0.3 is 10.0 Å². The van der Waals surface area contributed by atoms with E-state index in [1.54, 1.807) is 6.92 Å². The van der Waals surface area contributed by atoms with Crippen molar-refractivity contribution in [2.45, 2.75) is 6.92 Å². The minimum Gasteiger partial charge on any atom is -0.423 e. The third kappa shape index (κ3) is 1.61. The van der Waals surface area contributed by atoms with Crippen LogP contribution in [0.1, 0.15) is 11.3 Å². The van der Waals surface area contributed by atoms with Gasteiger partial charge in [-0.2, -0.15) is 5.26 Å². The van der Waals surface area contributed by atoms with E-state index < -0.39 is 7.12 Å². The van der Waals surface area contributed by atoms with Gasteiger partial charge in [-0.15, -0.1) is 0 Å². The first-order valence-corrected chi connectivity index (χ1v) is 3.38. The first kappa shape index (κ1) is 8.72. The van der Waals surface area contributed by atoms with Gasteiger partial charge in [0, 0.05) is 11.7 Å². The van der Waals surface area contributed by atoms with E-state index in [-0.39, 0.29) is 5.46 Å². The number of aromatic nitrogens is 1. The highest BCUT2D eigenvalue weighted by Gasteiger charge is 2.12. The van der Waals surface area contributed by atoms with E-state index in [0.717, 1.165) is 0 Å². The van der Waals surface area contributed by atoms with Crippen LogP contribution in [0.5, 0.6) is 0 Å². The zero-order valence-electron chi connectivity index (χ0n) is 6.52. The molecule has 0 aliphatic heterocycles. The molecule has 12 heavy (non-hydrogen) atoms. The number of pyridine rings is 1. The minimum absolute atomic E-state index is 0.233. The summed E-state index contributed by atoms with van der Waals surface area (Å²) in [5.41, 5.74) is 1.18. The van der Waals surface area contributed by atoms with Crippen LogP contribution in [0.2, 0.25) is 0 Å². The summed E-state index contributed by atoms with van der Waals surface area (Å²) in [5, 5.41) is 26.1. The molecule has 0 spiro atoms. The summed E-state index contributed by atoms with van der Waals surface area (Å²) >= 11 is 0. The molecule has 0 aliphatic carbocycles. The molecule has 0 saturated carbocycles. The normalized spacial score (nSPS) is 9.17. The molecule has 5 heteroatoms. The van der Waals surface area contributed by atoms with Crippen molar-refractivity contribution in [1.82, 2.24) is 4.98 Å². The van der Waals surface area contributed by atoms with Crippen molar-refractivity contribution >= 4 is 12.6 Å². The van der Waals surface area contributed by atoms with Gasteiger partial charge in [0.2, 0.25) is 0 Å². The van der Waals surface area contributed by atoms with Crippen molar-refractivity contribution in [3.63, 3.8) is 0 Å². The molecule has 1 rings (SSSR count). The molecule has 0 amide bonds. The van der Waals surface area contributed by atoms with Crippen LogP contribution in [0, 0.1) is 18.3 Å². The van der Waals surface area contributed by atoms with Gasteiger partial charge in [0.25, 0.3) is 0 Å². The monoisotopic (exact) mass is 162 g/mol. The van der Waals surface area contributed by atoms with Crippen LogP contribution in [-0.4, -0.2) is 22.2 Å². The second-order valence-corrected chi connectivity index (χ2v) is 2.39. The van der Waals surface area contributed by atoms with Crippen LogP contribution in [0.3, 0.4) is 0 Å². The number of hydrogen-bond donors (Lipinski definition) is 2. The molecule has 1 heterocycles. The smallest absolute Gasteiger partial charge is 0.423 e. The molecule has 4 nitrogen and oxygen atoms in total. The maximum absolute atomic E-state index is 8.74. The highest BCUT2D eigenvalue weighted by Crippen LogP contribution is 1.99. The molecule has 0 atom stereocenters. The van der Waals surface area contributed by atoms with Crippen LogP contribution in [0.25, 0.3) is 0 Å². The van der Waals surface area contributed by atoms with E-state index in [4.69, 9.17) is 15.3 Å². The highest BCUT2D eigenvalue weighted by atomic mass is 16.4. The Morgan fingerprint density at radius 1 is 1.58 bits per heavy atom. The maximum Gasteiger partial charge on any atom is 0.490 e. The quantitative estimate of drug-likeness (QED) is 0.516. The van der Waals surface area contributed by atoms with Gasteiger partial charge in [0.15, 0.2) is 0 Å². The van der Waals surface area contributed by atoms with Crippen molar-refractivity contribution in [2.24, 2.45) is 0 Å². The van der Waals surface area contributed by atoms with E-state index in [1.165, 1.54) is 12.3 Å². The Bertz CT molecular complexity index is 333. The van der Waals surface area contributed by atoms with Crippen molar-refractivity contribution in [3.8, 4) is 6.07 Å². The Balaban J connectivity index is 3.16. The van der Waals surface area contributed by atoms with Crippen molar-refractivity contribution in [1.29, 1.82) is 5.26 Å². The number of nitriles is 1. The number of hydrogen-bond acceptors (Lipinski definition) is 4. The second kappa shape index (κ2) is 3.35. The van der Waals surface area contributed by atoms with Crippen molar-refractivity contribution in [3.05, 3.63) is 23.5 Å². The van der Waals surface area contributed by atoms with Crippen LogP contribution in [0.15, 0.2) is 12.3 Å². The molecule has 60 valence electrons. The maximum atomic E-state index is 8.74. The lowest BCUT2D eigenvalue weighted by Gasteiger charge is -2.00. The minimum atomic E-state index is -1.56. The zero-order valence-corrected chi connectivity index (χ0v) is 6.52. The number of aryl methyl sites for hydroxylation is 1. The Hall–Kier alpha value is -1.38. The third-order valence-electron chi connectivity index (χ3n) is 1.53. The van der Waals surface area contributed by atoms with Gasteiger partial charge in [-0.1, -0.05) is 0 Å². The number of nitrogens with zero attached hydrogens (tertiary/aromatic N) is 2. The van der Waals surface area contributed by atoms with Gasteiger partial charge in [0.05, 0.1) is 11.3 Å². The Labute approximate surface area is 70.3 Å². The van der Waals surface area contributed by atoms with Crippen LogP contribution < -0.4 is 5.46 Å². The molecule has 0 fully saturated rings. The van der Waals surface area contributed by atoms with Gasteiger partial charge in [-0.05, 0) is 13.0 Å². The lowest BCUT2D eigenvalue weighted by molar-refractivity contribution is 0.425. The standard InChI is InChI=1S/C7H7BN2O2/c1-5-6(3-9)2-7(4-10-5)8(11)12/h2,4,11-12H,1H3. The van der Waals surface area contributed by atoms with Crippen molar-refractivity contribution < 1.29 is 10.0 Å². The van der Waals surface area contributed by atoms with E-state index in [9.17, 15) is 0 Å². The molecular weight excluding hydrogens is 155 g/mol. The molecule has 1 aromatic heterocycles. The number of rotatable bonds is 1. The van der Waals surface area contributed by atoms with Gasteiger partial charge >= 0.3 is 7.12 Å². The van der Waals surface area contributed by atoms with E-state index in [1.807, 2.05) is 6.07 Å². The van der Waals surface area contributed by atoms with E-state index in [2.05, 4.69) is 4.98 Å². The average molecular weight is 162 g/mol. The summed E-state index contributed by atoms with van der Waals surface area (Å²) in [4.78, 5) is 3.83. The fourth-order valence-electron chi connectivity index (χ4n) is 0.804. The Morgan fingerprint density at radius 3 is 2.75 bits per heavy atom. The average Bonchev–Trinajstić information content (AvgIpc) is 2.05. The first-order valence-electron chi connectivity index (χ1n) is 3.38. The summed E-state index contributed by atoms with van der Waals surface area (Å²) in [6.07, 6.45) is 1.33. The topological polar surface area (TPSA) is 77.1 Å². The molecule has 0 aliphatic rings. The highest BCUT2D eigenvalue weighted by molar-refractivity contribution is 6.58. The summed E-state index contributed by atoms with van der Waals surface area (Å²) in [7, 11) is -1.56. The van der Waals surface area contributed by atoms with Gasteiger partial charge in [-0.25, -0.2) is 0 Å². The summed E-state index contributed by atoms with van der Waals surface area (Å²) in [6.45, 7) is 1.69. The lowest BCUT2D eigenvalue weighted by Crippen LogP contribution is -2.30. The van der Waals surface area contributed by atoms with Crippen molar-refractivity contribution in [2.75, 3.05) is 0 Å². The molecular formula is C7H7BN2O2. The molecule has 2 N–H and O–H groups in total. The molecule has 0 unspecified atom stereocenters. The molecule has 1 aromatic rings. The van der Waals surface area contributed by atoms with E-state index in [0.29, 0.717) is 11.3 Å². The van der Waals surface area contributed by atoms with Gasteiger partial charge in [0.1, 0.15) is 6.07 Å². The second-order valence-electron chi connectivity index (χ2n) is 2.39. The van der Waals surface area contributed by atoms with E-state index >= 15 is 0 Å². The van der Waals surface area contributed by atoms with Crippen LogP contribution in [0.4, 0.5) is 0 Å². The molecule has 0 bridgehead atoms. The predicted molar refractivity (Wildman–Crippen MR) is 43.5 cm³/mol. The Kier molecular flexibility index (Phi) is 2.43. The largest absolute Gasteiger partial charge is 0.490 e. The summed E-state index contributed by atoms with van der Waals surface area (Å²) < 4.78 is 0. The fourth-order valence-corrected chi connectivity index (χ4v) is 0.804. The SMILES string of the molecule is Cc1ncc(B(O)O)cc1C#N. The summed E-state index contributed by atoms with van der Waals surface area (Å²) in [5.74, 6) is 0.